The molecule has 0 bridgehead atoms. The summed E-state index contributed by atoms with van der Waals surface area (Å²) < 4.78 is 0. The minimum absolute atomic E-state index is 0.131. The van der Waals surface area contributed by atoms with Crippen molar-refractivity contribution in [3.63, 3.8) is 0 Å². The van der Waals surface area contributed by atoms with Gasteiger partial charge in [0.15, 0.2) is 6.04 Å². The zero-order valence-corrected chi connectivity index (χ0v) is 16.3. The summed E-state index contributed by atoms with van der Waals surface area (Å²) in [6.45, 7) is 2.46. The molecule has 3 aromatic rings. The molecule has 0 saturated carbocycles. The summed E-state index contributed by atoms with van der Waals surface area (Å²) in [6.07, 6.45) is 2.17. The number of phenolic OH excluding ortho intramolecular Hbond substituents is 1. The van der Waals surface area contributed by atoms with Gasteiger partial charge in [-0.2, -0.15) is 4.80 Å². The number of aryl methyl sites for hydroxylation is 1. The van der Waals surface area contributed by atoms with Gasteiger partial charge in [0, 0.05) is 17.1 Å². The second kappa shape index (κ2) is 9.32. The predicted molar refractivity (Wildman–Crippen MR) is 107 cm³/mol. The van der Waals surface area contributed by atoms with Crippen LogP contribution < -0.4 is 5.32 Å². The molecule has 0 radical (unpaired) electrons. The summed E-state index contributed by atoms with van der Waals surface area (Å²) in [7, 11) is 0. The number of nitrogens with zero attached hydrogens (tertiary/aromatic N) is 4. The van der Waals surface area contributed by atoms with Gasteiger partial charge in [0.2, 0.25) is 11.7 Å². The van der Waals surface area contributed by atoms with Gasteiger partial charge in [0.25, 0.3) is 0 Å². The monoisotopic (exact) mass is 399 g/mol. The highest BCUT2D eigenvalue weighted by Crippen LogP contribution is 2.18. The van der Waals surface area contributed by atoms with Crippen molar-refractivity contribution in [1.82, 2.24) is 25.5 Å². The third-order valence-electron chi connectivity index (χ3n) is 4.38. The SMILES string of the molecule is CCC(C(=O)NCCCc1ccc(O)cc1)n1nnc(-c2ccc(Cl)cc2)n1. The van der Waals surface area contributed by atoms with Crippen molar-refractivity contribution in [2.45, 2.75) is 32.2 Å². The lowest BCUT2D eigenvalue weighted by Crippen LogP contribution is -2.34. The van der Waals surface area contributed by atoms with Crippen LogP contribution in [-0.2, 0) is 11.2 Å². The molecule has 0 saturated heterocycles. The smallest absolute Gasteiger partial charge is 0.246 e. The molecule has 7 nitrogen and oxygen atoms in total. The largest absolute Gasteiger partial charge is 0.508 e. The van der Waals surface area contributed by atoms with Gasteiger partial charge in [-0.05, 0) is 66.4 Å². The van der Waals surface area contributed by atoms with Crippen LogP contribution in [0.3, 0.4) is 0 Å². The third kappa shape index (κ3) is 5.07. The molecule has 1 heterocycles. The number of hydrogen-bond donors (Lipinski definition) is 2. The Balaban J connectivity index is 1.54. The van der Waals surface area contributed by atoms with E-state index in [9.17, 15) is 9.90 Å². The van der Waals surface area contributed by atoms with Crippen molar-refractivity contribution in [3.8, 4) is 17.1 Å². The standard InChI is InChI=1S/C20H22ClN5O2/c1-2-18(20(28)22-13-3-4-14-5-11-17(27)12-6-14)26-24-19(23-25-26)15-7-9-16(21)10-8-15/h5-12,18,27H,2-4,13H2,1H3,(H,22,28). The first-order chi connectivity index (χ1) is 13.6. The van der Waals surface area contributed by atoms with Gasteiger partial charge in [-0.15, -0.1) is 10.2 Å². The Morgan fingerprint density at radius 1 is 1.18 bits per heavy atom. The van der Waals surface area contributed by atoms with Gasteiger partial charge < -0.3 is 10.4 Å². The first kappa shape index (κ1) is 19.8. The van der Waals surface area contributed by atoms with E-state index >= 15 is 0 Å². The fraction of sp³-hybridized carbons (Fsp3) is 0.300. The molecule has 0 fully saturated rings. The van der Waals surface area contributed by atoms with Gasteiger partial charge in [-0.3, -0.25) is 4.79 Å². The van der Waals surface area contributed by atoms with Gasteiger partial charge in [-0.1, -0.05) is 30.7 Å². The van der Waals surface area contributed by atoms with Gasteiger partial charge >= 0.3 is 0 Å². The lowest BCUT2D eigenvalue weighted by molar-refractivity contribution is -0.125. The minimum atomic E-state index is -0.512. The number of phenols is 1. The highest BCUT2D eigenvalue weighted by Gasteiger charge is 2.21. The number of nitrogens with one attached hydrogen (secondary N) is 1. The summed E-state index contributed by atoms with van der Waals surface area (Å²) in [4.78, 5) is 13.9. The molecule has 8 heteroatoms. The molecule has 2 aromatic carbocycles. The molecule has 2 N–H and O–H groups in total. The highest BCUT2D eigenvalue weighted by atomic mass is 35.5. The Bertz CT molecular complexity index is 909. The van der Waals surface area contributed by atoms with Gasteiger partial charge in [-0.25, -0.2) is 0 Å². The van der Waals surface area contributed by atoms with Crippen molar-refractivity contribution in [2.75, 3.05) is 6.54 Å². The van der Waals surface area contributed by atoms with Crippen molar-refractivity contribution in [3.05, 3.63) is 59.1 Å². The summed E-state index contributed by atoms with van der Waals surface area (Å²) >= 11 is 5.90. The number of aromatic nitrogens is 4. The van der Waals surface area contributed by atoms with Crippen LogP contribution in [0.25, 0.3) is 11.4 Å². The number of carbonyl (C=O) groups excluding carboxylic acids is 1. The van der Waals surface area contributed by atoms with E-state index in [-0.39, 0.29) is 11.7 Å². The number of benzene rings is 2. The van der Waals surface area contributed by atoms with E-state index in [1.165, 1.54) is 4.80 Å². The van der Waals surface area contributed by atoms with Crippen LogP contribution in [0.1, 0.15) is 31.4 Å². The van der Waals surface area contributed by atoms with Crippen LogP contribution in [0, 0.1) is 0 Å². The van der Waals surface area contributed by atoms with Gasteiger partial charge in [0.05, 0.1) is 0 Å². The number of rotatable bonds is 8. The second-order valence-electron chi connectivity index (χ2n) is 6.43. The fourth-order valence-electron chi connectivity index (χ4n) is 2.81. The van der Waals surface area contributed by atoms with Crippen LogP contribution >= 0.6 is 11.6 Å². The molecule has 1 amide bonds. The maximum atomic E-state index is 12.5. The topological polar surface area (TPSA) is 92.9 Å². The molecular formula is C20H22ClN5O2. The molecule has 0 spiro atoms. The van der Waals surface area contributed by atoms with E-state index in [1.807, 2.05) is 31.2 Å². The normalized spacial score (nSPS) is 11.9. The lowest BCUT2D eigenvalue weighted by atomic mass is 10.1. The van der Waals surface area contributed by atoms with Crippen LogP contribution in [0.4, 0.5) is 0 Å². The number of tetrazole rings is 1. The Hall–Kier alpha value is -2.93. The number of carbonyl (C=O) groups is 1. The molecule has 1 atom stereocenters. The predicted octanol–water partition coefficient (Wildman–Crippen LogP) is 3.40. The van der Waals surface area contributed by atoms with Crippen LogP contribution in [0.2, 0.25) is 5.02 Å². The molecule has 1 aromatic heterocycles. The van der Waals surface area contributed by atoms with E-state index in [4.69, 9.17) is 11.6 Å². The minimum Gasteiger partial charge on any atom is -0.508 e. The van der Waals surface area contributed by atoms with Crippen molar-refractivity contribution in [1.29, 1.82) is 0 Å². The van der Waals surface area contributed by atoms with E-state index < -0.39 is 6.04 Å². The Labute approximate surface area is 168 Å². The third-order valence-corrected chi connectivity index (χ3v) is 4.63. The number of hydrogen-bond acceptors (Lipinski definition) is 5. The fourth-order valence-corrected chi connectivity index (χ4v) is 2.94. The molecule has 0 aliphatic carbocycles. The molecule has 3 rings (SSSR count). The molecule has 1 unspecified atom stereocenters. The maximum Gasteiger partial charge on any atom is 0.246 e. The molecule has 146 valence electrons. The van der Waals surface area contributed by atoms with E-state index in [1.54, 1.807) is 24.3 Å². The molecule has 28 heavy (non-hydrogen) atoms. The first-order valence-corrected chi connectivity index (χ1v) is 9.55. The quantitative estimate of drug-likeness (QED) is 0.566. The second-order valence-corrected chi connectivity index (χ2v) is 6.86. The lowest BCUT2D eigenvalue weighted by Gasteiger charge is -2.13. The average molecular weight is 400 g/mol. The van der Waals surface area contributed by atoms with E-state index in [0.29, 0.717) is 23.8 Å². The molecule has 0 aliphatic rings. The molecule has 0 aliphatic heterocycles. The van der Waals surface area contributed by atoms with Crippen LogP contribution in [0.5, 0.6) is 5.75 Å². The van der Waals surface area contributed by atoms with E-state index in [0.717, 1.165) is 24.0 Å². The Kier molecular flexibility index (Phi) is 6.60. The number of halogens is 1. The van der Waals surface area contributed by atoms with Crippen molar-refractivity contribution in [2.24, 2.45) is 0 Å². The van der Waals surface area contributed by atoms with E-state index in [2.05, 4.69) is 20.7 Å². The summed E-state index contributed by atoms with van der Waals surface area (Å²) in [5, 5.41) is 25.3. The zero-order chi connectivity index (χ0) is 19.9. The summed E-state index contributed by atoms with van der Waals surface area (Å²) in [5.41, 5.74) is 1.91. The zero-order valence-electron chi connectivity index (χ0n) is 15.5. The Morgan fingerprint density at radius 3 is 2.57 bits per heavy atom. The van der Waals surface area contributed by atoms with Gasteiger partial charge in [0.1, 0.15) is 5.75 Å². The number of amides is 1. The summed E-state index contributed by atoms with van der Waals surface area (Å²) in [6, 6.07) is 13.7. The van der Waals surface area contributed by atoms with Crippen LogP contribution in [-0.4, -0.2) is 37.8 Å². The summed E-state index contributed by atoms with van der Waals surface area (Å²) in [5.74, 6) is 0.574. The average Bonchev–Trinajstić information content (AvgIpc) is 3.17. The first-order valence-electron chi connectivity index (χ1n) is 9.18. The Morgan fingerprint density at radius 2 is 1.89 bits per heavy atom. The van der Waals surface area contributed by atoms with Crippen molar-refractivity contribution < 1.29 is 9.90 Å². The maximum absolute atomic E-state index is 12.5. The molecular weight excluding hydrogens is 378 g/mol. The highest BCUT2D eigenvalue weighted by molar-refractivity contribution is 6.30. The number of aromatic hydroxyl groups is 1. The van der Waals surface area contributed by atoms with Crippen LogP contribution in [0.15, 0.2) is 48.5 Å². The van der Waals surface area contributed by atoms with Crippen molar-refractivity contribution >= 4 is 17.5 Å².